The van der Waals surface area contributed by atoms with Crippen LogP contribution in [0.1, 0.15) is 16.1 Å². The number of morpholine rings is 1. The molecule has 0 saturated carbocycles. The lowest BCUT2D eigenvalue weighted by Crippen LogP contribution is -2.51. The van der Waals surface area contributed by atoms with Gasteiger partial charge in [-0.3, -0.25) is 9.78 Å². The Morgan fingerprint density at radius 2 is 2.08 bits per heavy atom. The maximum atomic E-state index is 13.4. The van der Waals surface area contributed by atoms with E-state index in [1.54, 1.807) is 6.92 Å². The monoisotopic (exact) mass is 342 g/mol. The van der Waals surface area contributed by atoms with Gasteiger partial charge in [-0.1, -0.05) is 0 Å². The average Bonchev–Trinajstić information content (AvgIpc) is 2.52. The first kappa shape index (κ1) is 16.6. The summed E-state index contributed by atoms with van der Waals surface area (Å²) < 4.78 is 56.5. The number of amides is 1. The SMILES string of the molecule is Cc1cc(C(=O)N2CCO[C@H](C(F)(F)F)C2)c2ccc(F)cc2n1. The Kier molecular flexibility index (Phi) is 4.16. The van der Waals surface area contributed by atoms with Crippen molar-refractivity contribution in [2.45, 2.75) is 19.2 Å². The number of hydrogen-bond donors (Lipinski definition) is 0. The molecule has 0 unspecified atom stereocenters. The summed E-state index contributed by atoms with van der Waals surface area (Å²) in [4.78, 5) is 18.0. The van der Waals surface area contributed by atoms with E-state index < -0.39 is 30.5 Å². The van der Waals surface area contributed by atoms with E-state index in [0.717, 1.165) is 4.90 Å². The van der Waals surface area contributed by atoms with Crippen molar-refractivity contribution in [3.05, 3.63) is 41.3 Å². The van der Waals surface area contributed by atoms with Crippen molar-refractivity contribution in [3.63, 3.8) is 0 Å². The number of alkyl halides is 3. The van der Waals surface area contributed by atoms with Gasteiger partial charge in [0.05, 0.1) is 24.2 Å². The van der Waals surface area contributed by atoms with Gasteiger partial charge in [-0.25, -0.2) is 4.39 Å². The minimum atomic E-state index is -4.53. The fourth-order valence-corrected chi connectivity index (χ4v) is 2.71. The minimum Gasteiger partial charge on any atom is -0.365 e. The Morgan fingerprint density at radius 3 is 2.79 bits per heavy atom. The number of fused-ring (bicyclic) bond motifs is 1. The van der Waals surface area contributed by atoms with Crippen LogP contribution in [0.15, 0.2) is 24.3 Å². The zero-order valence-corrected chi connectivity index (χ0v) is 12.7. The van der Waals surface area contributed by atoms with Crippen LogP contribution in [0.25, 0.3) is 10.9 Å². The lowest BCUT2D eigenvalue weighted by molar-refractivity contribution is -0.233. The molecule has 1 aromatic carbocycles. The fraction of sp³-hybridized carbons (Fsp3) is 0.375. The number of ether oxygens (including phenoxy) is 1. The van der Waals surface area contributed by atoms with E-state index in [4.69, 9.17) is 4.74 Å². The predicted octanol–water partition coefficient (Wildman–Crippen LogP) is 3.09. The van der Waals surface area contributed by atoms with Gasteiger partial charge in [-0.2, -0.15) is 13.2 Å². The Labute approximate surface area is 135 Å². The van der Waals surface area contributed by atoms with E-state index >= 15 is 0 Å². The van der Waals surface area contributed by atoms with Crippen molar-refractivity contribution in [1.82, 2.24) is 9.88 Å². The number of pyridine rings is 1. The van der Waals surface area contributed by atoms with Crippen LogP contribution < -0.4 is 0 Å². The quantitative estimate of drug-likeness (QED) is 0.748. The van der Waals surface area contributed by atoms with Crippen LogP contribution >= 0.6 is 0 Å². The highest BCUT2D eigenvalue weighted by Gasteiger charge is 2.44. The van der Waals surface area contributed by atoms with E-state index in [1.165, 1.54) is 24.3 Å². The van der Waals surface area contributed by atoms with E-state index in [9.17, 15) is 22.4 Å². The van der Waals surface area contributed by atoms with Gasteiger partial charge >= 0.3 is 6.18 Å². The molecule has 24 heavy (non-hydrogen) atoms. The third kappa shape index (κ3) is 3.19. The number of aryl methyl sites for hydroxylation is 1. The number of nitrogens with zero attached hydrogens (tertiary/aromatic N) is 2. The van der Waals surface area contributed by atoms with Gasteiger partial charge in [0.15, 0.2) is 6.10 Å². The second kappa shape index (κ2) is 6.01. The van der Waals surface area contributed by atoms with Gasteiger partial charge in [-0.15, -0.1) is 0 Å². The largest absolute Gasteiger partial charge is 0.416 e. The molecule has 0 N–H and O–H groups in total. The summed E-state index contributed by atoms with van der Waals surface area (Å²) in [5, 5.41) is 0.405. The van der Waals surface area contributed by atoms with Crippen LogP contribution in [0.3, 0.4) is 0 Å². The molecule has 0 spiro atoms. The molecule has 1 atom stereocenters. The van der Waals surface area contributed by atoms with Gasteiger partial charge in [0.1, 0.15) is 5.82 Å². The van der Waals surface area contributed by atoms with Crippen LogP contribution in [-0.4, -0.2) is 47.8 Å². The zero-order chi connectivity index (χ0) is 17.5. The molecule has 0 radical (unpaired) electrons. The molecule has 1 saturated heterocycles. The molecule has 1 aromatic heterocycles. The number of carbonyl (C=O) groups excluding carboxylic acids is 1. The van der Waals surface area contributed by atoms with E-state index in [2.05, 4.69) is 4.98 Å². The van der Waals surface area contributed by atoms with Crippen molar-refractivity contribution in [2.24, 2.45) is 0 Å². The molecule has 1 aliphatic rings. The van der Waals surface area contributed by atoms with Crippen molar-refractivity contribution in [3.8, 4) is 0 Å². The molecule has 0 aliphatic carbocycles. The van der Waals surface area contributed by atoms with Crippen molar-refractivity contribution in [1.29, 1.82) is 0 Å². The molecule has 8 heteroatoms. The molecule has 1 aliphatic heterocycles. The van der Waals surface area contributed by atoms with E-state index in [0.29, 0.717) is 16.6 Å². The molecule has 0 bridgehead atoms. The first-order chi connectivity index (χ1) is 11.3. The second-order valence-electron chi connectivity index (χ2n) is 5.62. The fourth-order valence-electron chi connectivity index (χ4n) is 2.71. The number of benzene rings is 1. The summed E-state index contributed by atoms with van der Waals surface area (Å²) in [7, 11) is 0. The lowest BCUT2D eigenvalue weighted by atomic mass is 10.1. The molecule has 1 amide bonds. The standard InChI is InChI=1S/C16H14F4N2O2/c1-9-6-12(11-3-2-10(17)7-13(11)21-9)15(23)22-4-5-24-14(8-22)16(18,19)20/h2-3,6-7,14H,4-5,8H2,1H3/t14-/m0/s1. The van der Waals surface area contributed by atoms with E-state index in [-0.39, 0.29) is 18.7 Å². The summed E-state index contributed by atoms with van der Waals surface area (Å²) in [5.74, 6) is -1.04. The molecule has 4 nitrogen and oxygen atoms in total. The van der Waals surface area contributed by atoms with Gasteiger partial charge in [0, 0.05) is 23.7 Å². The highest BCUT2D eigenvalue weighted by Crippen LogP contribution is 2.27. The topological polar surface area (TPSA) is 42.4 Å². The Balaban J connectivity index is 1.96. The first-order valence-electron chi connectivity index (χ1n) is 7.30. The normalized spacial score (nSPS) is 18.9. The Hall–Kier alpha value is -2.22. The Morgan fingerprint density at radius 1 is 1.33 bits per heavy atom. The van der Waals surface area contributed by atoms with Crippen molar-refractivity contribution < 1.29 is 27.1 Å². The lowest BCUT2D eigenvalue weighted by Gasteiger charge is -2.34. The number of aromatic nitrogens is 1. The Bertz CT molecular complexity index is 786. The smallest absolute Gasteiger partial charge is 0.365 e. The van der Waals surface area contributed by atoms with Crippen LogP contribution in [0.4, 0.5) is 17.6 Å². The maximum Gasteiger partial charge on any atom is 0.416 e. The van der Waals surface area contributed by atoms with Crippen molar-refractivity contribution >= 4 is 16.8 Å². The molecule has 128 valence electrons. The summed E-state index contributed by atoms with van der Waals surface area (Å²) >= 11 is 0. The summed E-state index contributed by atoms with van der Waals surface area (Å²) in [6, 6.07) is 5.29. The van der Waals surface area contributed by atoms with Gasteiger partial charge in [0.2, 0.25) is 0 Å². The minimum absolute atomic E-state index is 0.0650. The molecule has 2 heterocycles. The number of halogens is 4. The predicted molar refractivity (Wildman–Crippen MR) is 78.1 cm³/mol. The first-order valence-corrected chi connectivity index (χ1v) is 7.30. The van der Waals surface area contributed by atoms with Crippen LogP contribution in [-0.2, 0) is 4.74 Å². The van der Waals surface area contributed by atoms with Crippen LogP contribution in [0.2, 0.25) is 0 Å². The van der Waals surface area contributed by atoms with Gasteiger partial charge in [0.25, 0.3) is 5.91 Å². The number of carbonyl (C=O) groups is 1. The molecule has 1 fully saturated rings. The third-order valence-corrected chi connectivity index (χ3v) is 3.85. The summed E-state index contributed by atoms with van der Waals surface area (Å²) in [6.45, 7) is 0.952. The molecule has 3 rings (SSSR count). The summed E-state index contributed by atoms with van der Waals surface area (Å²) in [6.07, 6.45) is -6.53. The second-order valence-corrected chi connectivity index (χ2v) is 5.62. The average molecular weight is 342 g/mol. The summed E-state index contributed by atoms with van der Waals surface area (Å²) in [5.41, 5.74) is 0.983. The van der Waals surface area contributed by atoms with Gasteiger partial charge < -0.3 is 9.64 Å². The maximum absolute atomic E-state index is 13.4. The molecular weight excluding hydrogens is 328 g/mol. The highest BCUT2D eigenvalue weighted by atomic mass is 19.4. The number of hydrogen-bond acceptors (Lipinski definition) is 3. The van der Waals surface area contributed by atoms with E-state index in [1.807, 2.05) is 0 Å². The van der Waals surface area contributed by atoms with Gasteiger partial charge in [-0.05, 0) is 25.1 Å². The number of rotatable bonds is 1. The zero-order valence-electron chi connectivity index (χ0n) is 12.7. The van der Waals surface area contributed by atoms with Crippen LogP contribution in [0.5, 0.6) is 0 Å². The third-order valence-electron chi connectivity index (χ3n) is 3.85. The highest BCUT2D eigenvalue weighted by molar-refractivity contribution is 6.06. The molecule has 2 aromatic rings. The van der Waals surface area contributed by atoms with Crippen LogP contribution in [0, 0.1) is 12.7 Å². The van der Waals surface area contributed by atoms with Crippen molar-refractivity contribution in [2.75, 3.05) is 19.7 Å². The molecular formula is C16H14F4N2O2.